The minimum Gasteiger partial charge on any atom is -0.368 e. The fourth-order valence-corrected chi connectivity index (χ4v) is 4.24. The summed E-state index contributed by atoms with van der Waals surface area (Å²) in [5.41, 5.74) is 0.0361. The van der Waals surface area contributed by atoms with Crippen molar-refractivity contribution in [3.63, 3.8) is 0 Å². The van der Waals surface area contributed by atoms with Crippen LogP contribution in [-0.4, -0.2) is 60.4 Å². The molecule has 0 aliphatic carbocycles. The van der Waals surface area contributed by atoms with Gasteiger partial charge in [-0.15, -0.1) is 0 Å². The van der Waals surface area contributed by atoms with Gasteiger partial charge in [-0.3, -0.25) is 14.5 Å². The van der Waals surface area contributed by atoms with Crippen LogP contribution in [-0.2, 0) is 15.1 Å². The second-order valence-electron chi connectivity index (χ2n) is 7.93. The molecule has 0 bridgehead atoms. The van der Waals surface area contributed by atoms with Gasteiger partial charge in [-0.25, -0.2) is 13.6 Å². The van der Waals surface area contributed by atoms with Crippen LogP contribution in [0.4, 0.5) is 19.3 Å². The van der Waals surface area contributed by atoms with E-state index in [0.717, 1.165) is 10.6 Å². The fourth-order valence-electron chi connectivity index (χ4n) is 4.24. The largest absolute Gasteiger partial charge is 0.368 e. The van der Waals surface area contributed by atoms with Gasteiger partial charge in [0.1, 0.15) is 23.7 Å². The molecule has 0 spiro atoms. The summed E-state index contributed by atoms with van der Waals surface area (Å²) >= 11 is 0. The number of hydrogen-bond acceptors (Lipinski definition) is 4. The first-order valence-corrected chi connectivity index (χ1v) is 10.5. The Morgan fingerprint density at radius 3 is 2.06 bits per heavy atom. The molecular formula is C23H24F2N4O3. The molecule has 7 nitrogen and oxygen atoms in total. The zero-order valence-corrected chi connectivity index (χ0v) is 17.7. The number of amides is 4. The molecule has 0 aromatic heterocycles. The van der Waals surface area contributed by atoms with Gasteiger partial charge in [0.2, 0.25) is 5.91 Å². The number of halogens is 2. The zero-order chi connectivity index (χ0) is 22.9. The van der Waals surface area contributed by atoms with Crippen molar-refractivity contribution in [2.75, 3.05) is 37.6 Å². The molecular weight excluding hydrogens is 418 g/mol. The van der Waals surface area contributed by atoms with Crippen LogP contribution in [0.1, 0.15) is 18.9 Å². The average molecular weight is 442 g/mol. The highest BCUT2D eigenvalue weighted by molar-refractivity contribution is 6.09. The lowest BCUT2D eigenvalue weighted by atomic mass is 9.87. The van der Waals surface area contributed by atoms with Crippen LogP contribution < -0.4 is 10.2 Å². The van der Waals surface area contributed by atoms with Crippen LogP contribution in [0, 0.1) is 11.6 Å². The van der Waals surface area contributed by atoms with Crippen LogP contribution in [0.15, 0.2) is 48.5 Å². The van der Waals surface area contributed by atoms with E-state index in [4.69, 9.17) is 0 Å². The van der Waals surface area contributed by atoms with E-state index in [0.29, 0.717) is 31.7 Å². The first kappa shape index (κ1) is 21.7. The lowest BCUT2D eigenvalue weighted by molar-refractivity contribution is -0.139. The summed E-state index contributed by atoms with van der Waals surface area (Å²) < 4.78 is 26.5. The van der Waals surface area contributed by atoms with Gasteiger partial charge in [0, 0.05) is 31.9 Å². The number of nitrogens with one attached hydrogen (secondary N) is 1. The molecule has 1 N–H and O–H groups in total. The summed E-state index contributed by atoms with van der Waals surface area (Å²) in [5, 5.41) is 2.70. The van der Waals surface area contributed by atoms with Gasteiger partial charge in [-0.2, -0.15) is 0 Å². The van der Waals surface area contributed by atoms with Crippen molar-refractivity contribution in [2.45, 2.75) is 18.9 Å². The van der Waals surface area contributed by atoms with E-state index < -0.39 is 23.3 Å². The van der Waals surface area contributed by atoms with Crippen LogP contribution in [0.3, 0.4) is 0 Å². The Bertz CT molecular complexity index is 1020. The van der Waals surface area contributed by atoms with Crippen molar-refractivity contribution in [3.05, 3.63) is 65.7 Å². The topological polar surface area (TPSA) is 73.0 Å². The third-order valence-electron chi connectivity index (χ3n) is 6.16. The Kier molecular flexibility index (Phi) is 5.82. The van der Waals surface area contributed by atoms with E-state index in [9.17, 15) is 23.2 Å². The Labute approximate surface area is 184 Å². The molecule has 2 aromatic rings. The average Bonchev–Trinajstić information content (AvgIpc) is 3.05. The Morgan fingerprint density at radius 2 is 1.50 bits per heavy atom. The fraction of sp³-hybridized carbons (Fsp3) is 0.348. The van der Waals surface area contributed by atoms with Gasteiger partial charge in [-0.1, -0.05) is 19.1 Å². The van der Waals surface area contributed by atoms with Crippen LogP contribution in [0.2, 0.25) is 0 Å². The summed E-state index contributed by atoms with van der Waals surface area (Å²) in [7, 11) is 0. The quantitative estimate of drug-likeness (QED) is 0.723. The summed E-state index contributed by atoms with van der Waals surface area (Å²) in [4.78, 5) is 43.2. The second kappa shape index (κ2) is 8.57. The summed E-state index contributed by atoms with van der Waals surface area (Å²) in [6.45, 7) is 3.37. The maximum absolute atomic E-state index is 13.3. The number of hydrogen-bond donors (Lipinski definition) is 1. The highest BCUT2D eigenvalue weighted by Gasteiger charge is 2.51. The van der Waals surface area contributed by atoms with Crippen LogP contribution >= 0.6 is 0 Å². The highest BCUT2D eigenvalue weighted by atomic mass is 19.1. The molecule has 0 radical (unpaired) electrons. The molecule has 2 aliphatic rings. The van der Waals surface area contributed by atoms with Crippen LogP contribution in [0.5, 0.6) is 0 Å². The standard InChI is InChI=1S/C23H24F2N4O3/c1-2-23(16-3-5-17(24)6-4-16)21(31)29(22(32)26-23)15-20(30)28-13-11-27(12-14-28)19-9-7-18(25)8-10-19/h3-10H,2,11-15H2,1H3,(H,26,32)/t23-/m1/s1. The van der Waals surface area contributed by atoms with Gasteiger partial charge in [0.25, 0.3) is 5.91 Å². The first-order valence-electron chi connectivity index (χ1n) is 10.5. The van der Waals surface area contributed by atoms with Crippen molar-refractivity contribution in [1.82, 2.24) is 15.1 Å². The van der Waals surface area contributed by atoms with Crippen molar-refractivity contribution >= 4 is 23.5 Å². The smallest absolute Gasteiger partial charge is 0.325 e. The minimum absolute atomic E-state index is 0.268. The molecule has 4 amide bonds. The second-order valence-corrected chi connectivity index (χ2v) is 7.93. The normalized spacial score (nSPS) is 21.2. The van der Waals surface area contributed by atoms with Gasteiger partial charge < -0.3 is 15.1 Å². The number of imide groups is 1. The molecule has 2 aliphatic heterocycles. The number of nitrogens with zero attached hydrogens (tertiary/aromatic N) is 3. The number of urea groups is 1. The van der Waals surface area contributed by atoms with Crippen molar-refractivity contribution in [1.29, 1.82) is 0 Å². The molecule has 0 unspecified atom stereocenters. The third-order valence-corrected chi connectivity index (χ3v) is 6.16. The van der Waals surface area contributed by atoms with E-state index in [1.807, 2.05) is 4.90 Å². The number of benzene rings is 2. The maximum atomic E-state index is 13.3. The molecule has 32 heavy (non-hydrogen) atoms. The monoisotopic (exact) mass is 442 g/mol. The van der Waals surface area contributed by atoms with Crippen molar-refractivity contribution < 1.29 is 23.2 Å². The summed E-state index contributed by atoms with van der Waals surface area (Å²) in [6.07, 6.45) is 0.268. The number of piperazine rings is 1. The van der Waals surface area contributed by atoms with Gasteiger partial charge in [0.05, 0.1) is 0 Å². The highest BCUT2D eigenvalue weighted by Crippen LogP contribution is 2.32. The molecule has 168 valence electrons. The predicted octanol–water partition coefficient (Wildman–Crippen LogP) is 2.47. The molecule has 1 atom stereocenters. The Balaban J connectivity index is 1.41. The van der Waals surface area contributed by atoms with E-state index in [1.165, 1.54) is 36.4 Å². The van der Waals surface area contributed by atoms with Crippen molar-refractivity contribution in [3.8, 4) is 0 Å². The lowest BCUT2D eigenvalue weighted by Gasteiger charge is -2.36. The van der Waals surface area contributed by atoms with E-state index >= 15 is 0 Å². The Hall–Kier alpha value is -3.49. The molecule has 0 saturated carbocycles. The van der Waals surface area contributed by atoms with E-state index in [-0.39, 0.29) is 24.7 Å². The summed E-state index contributed by atoms with van der Waals surface area (Å²) in [6, 6.07) is 10.9. The molecule has 4 rings (SSSR count). The van der Waals surface area contributed by atoms with Gasteiger partial charge in [-0.05, 0) is 48.4 Å². The number of carbonyl (C=O) groups excluding carboxylic acids is 3. The molecule has 2 saturated heterocycles. The lowest BCUT2D eigenvalue weighted by Crippen LogP contribution is -2.52. The van der Waals surface area contributed by atoms with E-state index in [1.54, 1.807) is 24.0 Å². The molecule has 2 aromatic carbocycles. The predicted molar refractivity (Wildman–Crippen MR) is 114 cm³/mol. The van der Waals surface area contributed by atoms with Crippen LogP contribution in [0.25, 0.3) is 0 Å². The van der Waals surface area contributed by atoms with Gasteiger partial charge in [0.15, 0.2) is 0 Å². The Morgan fingerprint density at radius 1 is 0.938 bits per heavy atom. The number of rotatable bonds is 5. The first-order chi connectivity index (χ1) is 15.3. The van der Waals surface area contributed by atoms with Gasteiger partial charge >= 0.3 is 6.03 Å². The third kappa shape index (κ3) is 3.90. The molecule has 9 heteroatoms. The number of anilines is 1. The van der Waals surface area contributed by atoms with Crippen molar-refractivity contribution in [2.24, 2.45) is 0 Å². The summed E-state index contributed by atoms with van der Waals surface area (Å²) in [5.74, 6) is -1.59. The maximum Gasteiger partial charge on any atom is 0.325 e. The van der Waals surface area contributed by atoms with E-state index in [2.05, 4.69) is 5.32 Å². The zero-order valence-electron chi connectivity index (χ0n) is 17.7. The molecule has 2 fully saturated rings. The number of carbonyl (C=O) groups is 3. The molecule has 2 heterocycles. The SMILES string of the molecule is CC[C@]1(c2ccc(F)cc2)NC(=O)N(CC(=O)N2CCN(c3ccc(F)cc3)CC2)C1=O. The minimum atomic E-state index is -1.31.